The third-order valence-corrected chi connectivity index (χ3v) is 2.76. The number of hydrogen-bond acceptors (Lipinski definition) is 4. The summed E-state index contributed by atoms with van der Waals surface area (Å²) in [6.45, 7) is 0.285. The molecule has 1 saturated heterocycles. The molecule has 2 amide bonds. The van der Waals surface area contributed by atoms with Gasteiger partial charge in [0.05, 0.1) is 19.8 Å². The lowest BCUT2D eigenvalue weighted by Gasteiger charge is -2.12. The van der Waals surface area contributed by atoms with Crippen LogP contribution in [0.3, 0.4) is 0 Å². The molecule has 1 aromatic rings. The predicted octanol–water partition coefficient (Wildman–Crippen LogP) is 0.568. The summed E-state index contributed by atoms with van der Waals surface area (Å²) in [5.41, 5.74) is 0.423. The van der Waals surface area contributed by atoms with Crippen molar-refractivity contribution >= 4 is 11.8 Å². The molecule has 0 radical (unpaired) electrons. The number of rotatable bonds is 4. The second-order valence-corrected chi connectivity index (χ2v) is 3.84. The van der Waals surface area contributed by atoms with Gasteiger partial charge in [0, 0.05) is 12.6 Å². The predicted molar refractivity (Wildman–Crippen MR) is 64.2 cm³/mol. The lowest BCUT2D eigenvalue weighted by atomic mass is 10.0. The van der Waals surface area contributed by atoms with Gasteiger partial charge in [-0.15, -0.1) is 0 Å². The van der Waals surface area contributed by atoms with Gasteiger partial charge in [0.1, 0.15) is 17.5 Å². The smallest absolute Gasteiger partial charge is 0.315 e. The van der Waals surface area contributed by atoms with E-state index in [9.17, 15) is 9.59 Å². The number of Topliss-reactive ketones (excluding diaryl/α,β-unsaturated/α-hetero) is 1. The number of ether oxygens (including phenoxy) is 2. The summed E-state index contributed by atoms with van der Waals surface area (Å²) in [4.78, 5) is 23.2. The van der Waals surface area contributed by atoms with Gasteiger partial charge in [0.2, 0.25) is 0 Å². The quantitative estimate of drug-likeness (QED) is 0.766. The molecule has 2 rings (SSSR count). The van der Waals surface area contributed by atoms with Crippen LogP contribution in [-0.2, 0) is 0 Å². The second kappa shape index (κ2) is 4.95. The summed E-state index contributed by atoms with van der Waals surface area (Å²) in [6.07, 6.45) is 0. The minimum atomic E-state index is -0.556. The molecule has 1 aliphatic heterocycles. The van der Waals surface area contributed by atoms with Crippen LogP contribution in [0.5, 0.6) is 11.5 Å². The van der Waals surface area contributed by atoms with E-state index in [1.807, 2.05) is 0 Å². The summed E-state index contributed by atoms with van der Waals surface area (Å²) < 4.78 is 10.2. The van der Waals surface area contributed by atoms with E-state index in [4.69, 9.17) is 9.47 Å². The van der Waals surface area contributed by atoms with Gasteiger partial charge in [-0.3, -0.25) is 4.79 Å². The average molecular weight is 250 g/mol. The molecule has 6 heteroatoms. The van der Waals surface area contributed by atoms with Crippen LogP contribution >= 0.6 is 0 Å². The lowest BCUT2D eigenvalue weighted by molar-refractivity contribution is 0.0955. The summed E-state index contributed by atoms with van der Waals surface area (Å²) in [5.74, 6) is 0.852. The van der Waals surface area contributed by atoms with Crippen molar-refractivity contribution in [1.82, 2.24) is 10.6 Å². The fourth-order valence-corrected chi connectivity index (χ4v) is 1.80. The van der Waals surface area contributed by atoms with Crippen molar-refractivity contribution in [3.05, 3.63) is 23.8 Å². The zero-order chi connectivity index (χ0) is 13.1. The molecule has 0 aliphatic carbocycles. The maximum atomic E-state index is 12.2. The molecule has 0 spiro atoms. The number of ketones is 1. The summed E-state index contributed by atoms with van der Waals surface area (Å²) in [6, 6.07) is 4.06. The Morgan fingerprint density at radius 3 is 2.67 bits per heavy atom. The number of carbonyl (C=O) groups is 2. The number of hydrogen-bond donors (Lipinski definition) is 2. The summed E-state index contributed by atoms with van der Waals surface area (Å²) >= 11 is 0. The number of benzene rings is 1. The van der Waals surface area contributed by atoms with E-state index in [0.29, 0.717) is 17.1 Å². The SMILES string of the molecule is COc1ccc(C(=O)C2CNC(=O)N2)c(OC)c1. The standard InChI is InChI=1S/C12H14N2O4/c1-17-7-3-4-8(10(5-7)18-2)11(15)9-6-13-12(16)14-9/h3-5,9H,6H2,1-2H3,(H2,13,14,16). The van der Waals surface area contributed by atoms with Crippen molar-refractivity contribution in [2.75, 3.05) is 20.8 Å². The Labute approximate surface area is 104 Å². The van der Waals surface area contributed by atoms with E-state index in [1.54, 1.807) is 18.2 Å². The van der Waals surface area contributed by atoms with Gasteiger partial charge >= 0.3 is 6.03 Å². The topological polar surface area (TPSA) is 76.7 Å². The average Bonchev–Trinajstić information content (AvgIpc) is 2.83. The summed E-state index contributed by atoms with van der Waals surface area (Å²) in [5, 5.41) is 5.09. The number of urea groups is 1. The largest absolute Gasteiger partial charge is 0.497 e. The highest BCUT2D eigenvalue weighted by Gasteiger charge is 2.29. The molecule has 0 aromatic heterocycles. The molecule has 0 saturated carbocycles. The Morgan fingerprint density at radius 1 is 1.33 bits per heavy atom. The van der Waals surface area contributed by atoms with E-state index in [2.05, 4.69) is 10.6 Å². The van der Waals surface area contributed by atoms with Crippen LogP contribution in [0.1, 0.15) is 10.4 Å². The van der Waals surface area contributed by atoms with Crippen LogP contribution in [0, 0.1) is 0 Å². The first-order chi connectivity index (χ1) is 8.65. The van der Waals surface area contributed by atoms with E-state index in [1.165, 1.54) is 14.2 Å². The fraction of sp³-hybridized carbons (Fsp3) is 0.333. The van der Waals surface area contributed by atoms with Crippen LogP contribution in [0.15, 0.2) is 18.2 Å². The Morgan fingerprint density at radius 2 is 2.11 bits per heavy atom. The van der Waals surface area contributed by atoms with Crippen molar-refractivity contribution in [2.24, 2.45) is 0 Å². The van der Waals surface area contributed by atoms with Crippen LogP contribution < -0.4 is 20.1 Å². The first-order valence-corrected chi connectivity index (χ1v) is 5.46. The monoisotopic (exact) mass is 250 g/mol. The maximum Gasteiger partial charge on any atom is 0.315 e. The van der Waals surface area contributed by atoms with E-state index >= 15 is 0 Å². The normalized spacial score (nSPS) is 17.9. The molecule has 18 heavy (non-hydrogen) atoms. The van der Waals surface area contributed by atoms with Gasteiger partial charge in [-0.05, 0) is 12.1 Å². The minimum absolute atomic E-state index is 0.187. The van der Waals surface area contributed by atoms with E-state index in [0.717, 1.165) is 0 Å². The maximum absolute atomic E-state index is 12.2. The number of nitrogens with one attached hydrogen (secondary N) is 2. The Kier molecular flexibility index (Phi) is 3.36. The van der Waals surface area contributed by atoms with Crippen LogP contribution in [-0.4, -0.2) is 38.6 Å². The van der Waals surface area contributed by atoms with Gasteiger partial charge in [-0.2, -0.15) is 0 Å². The fourth-order valence-electron chi connectivity index (χ4n) is 1.80. The number of methoxy groups -OCH3 is 2. The molecule has 1 aromatic carbocycles. The number of carbonyl (C=O) groups excluding carboxylic acids is 2. The molecule has 1 atom stereocenters. The highest BCUT2D eigenvalue weighted by molar-refractivity contribution is 6.05. The zero-order valence-corrected chi connectivity index (χ0v) is 10.1. The first-order valence-electron chi connectivity index (χ1n) is 5.46. The molecule has 1 aliphatic rings. The highest BCUT2D eigenvalue weighted by atomic mass is 16.5. The van der Waals surface area contributed by atoms with Crippen molar-refractivity contribution in [3.8, 4) is 11.5 Å². The van der Waals surface area contributed by atoms with E-state index < -0.39 is 6.04 Å². The minimum Gasteiger partial charge on any atom is -0.497 e. The first kappa shape index (κ1) is 12.2. The molecular weight excluding hydrogens is 236 g/mol. The van der Waals surface area contributed by atoms with Gasteiger partial charge in [-0.1, -0.05) is 0 Å². The molecule has 1 fully saturated rings. The van der Waals surface area contributed by atoms with Crippen LogP contribution in [0.4, 0.5) is 4.79 Å². The van der Waals surface area contributed by atoms with Gasteiger partial charge in [-0.25, -0.2) is 4.79 Å². The molecule has 96 valence electrons. The van der Waals surface area contributed by atoms with E-state index in [-0.39, 0.29) is 18.4 Å². The molecule has 1 unspecified atom stereocenters. The number of amides is 2. The molecule has 1 heterocycles. The van der Waals surface area contributed by atoms with Crippen molar-refractivity contribution in [3.63, 3.8) is 0 Å². The third-order valence-electron chi connectivity index (χ3n) is 2.76. The lowest BCUT2D eigenvalue weighted by Crippen LogP contribution is -2.34. The van der Waals surface area contributed by atoms with Crippen LogP contribution in [0.2, 0.25) is 0 Å². The van der Waals surface area contributed by atoms with Crippen molar-refractivity contribution in [1.29, 1.82) is 0 Å². The molecule has 2 N–H and O–H groups in total. The Hall–Kier alpha value is -2.24. The molecule has 0 bridgehead atoms. The Balaban J connectivity index is 2.27. The van der Waals surface area contributed by atoms with Crippen LogP contribution in [0.25, 0.3) is 0 Å². The summed E-state index contributed by atoms with van der Waals surface area (Å²) in [7, 11) is 3.02. The van der Waals surface area contributed by atoms with Gasteiger partial charge in [0.15, 0.2) is 5.78 Å². The molecular formula is C12H14N2O4. The zero-order valence-electron chi connectivity index (χ0n) is 10.1. The van der Waals surface area contributed by atoms with Gasteiger partial charge in [0.25, 0.3) is 0 Å². The second-order valence-electron chi connectivity index (χ2n) is 3.84. The third kappa shape index (κ3) is 2.22. The van der Waals surface area contributed by atoms with Gasteiger partial charge < -0.3 is 20.1 Å². The van der Waals surface area contributed by atoms with Crippen molar-refractivity contribution in [2.45, 2.75) is 6.04 Å². The van der Waals surface area contributed by atoms with Crippen molar-refractivity contribution < 1.29 is 19.1 Å². The molecule has 6 nitrogen and oxygen atoms in total. The highest BCUT2D eigenvalue weighted by Crippen LogP contribution is 2.25. The Bertz CT molecular complexity index is 487.